The molecule has 0 spiro atoms. The molecule has 1 unspecified atom stereocenters. The monoisotopic (exact) mass is 209 g/mol. The Morgan fingerprint density at radius 3 is 2.62 bits per heavy atom. The highest BCUT2D eigenvalue weighted by Crippen LogP contribution is 2.20. The quantitative estimate of drug-likeness (QED) is 0.682. The van der Waals surface area contributed by atoms with Gasteiger partial charge in [0.2, 0.25) is 0 Å². The summed E-state index contributed by atoms with van der Waals surface area (Å²) in [7, 11) is 2.99. The van der Waals surface area contributed by atoms with Gasteiger partial charge in [-0.3, -0.25) is 5.32 Å². The number of halogens is 1. The first-order valence-corrected chi connectivity index (χ1v) is 4.07. The SMILES string of the molecule is COCC1(C(=O)OC)CCCN1.Cl. The predicted octanol–water partition coefficient (Wildman–Crippen LogP) is 0.350. The Morgan fingerprint density at radius 2 is 2.23 bits per heavy atom. The minimum absolute atomic E-state index is 0. The van der Waals surface area contributed by atoms with Crippen LogP contribution in [-0.2, 0) is 14.3 Å². The predicted molar refractivity (Wildman–Crippen MR) is 51.1 cm³/mol. The maximum atomic E-state index is 11.4. The molecule has 78 valence electrons. The van der Waals surface area contributed by atoms with Gasteiger partial charge >= 0.3 is 5.97 Å². The molecule has 1 aliphatic heterocycles. The molecule has 1 saturated heterocycles. The lowest BCUT2D eigenvalue weighted by Crippen LogP contribution is -2.51. The summed E-state index contributed by atoms with van der Waals surface area (Å²) >= 11 is 0. The average Bonchev–Trinajstić information content (AvgIpc) is 2.53. The number of hydrogen-bond donors (Lipinski definition) is 1. The van der Waals surface area contributed by atoms with E-state index in [1.807, 2.05) is 0 Å². The molecule has 0 amide bonds. The van der Waals surface area contributed by atoms with Crippen LogP contribution in [0.25, 0.3) is 0 Å². The highest BCUT2D eigenvalue weighted by molar-refractivity contribution is 5.85. The van der Waals surface area contributed by atoms with E-state index in [9.17, 15) is 4.79 Å². The molecule has 1 heterocycles. The van der Waals surface area contributed by atoms with E-state index in [4.69, 9.17) is 9.47 Å². The Balaban J connectivity index is 0.00000144. The van der Waals surface area contributed by atoms with Gasteiger partial charge in [0.05, 0.1) is 13.7 Å². The molecule has 0 bridgehead atoms. The van der Waals surface area contributed by atoms with Gasteiger partial charge in [0.15, 0.2) is 0 Å². The van der Waals surface area contributed by atoms with Crippen molar-refractivity contribution < 1.29 is 14.3 Å². The molecule has 4 nitrogen and oxygen atoms in total. The number of carbonyl (C=O) groups excluding carboxylic acids is 1. The van der Waals surface area contributed by atoms with Crippen LogP contribution in [-0.4, -0.2) is 38.9 Å². The van der Waals surface area contributed by atoms with Crippen LogP contribution in [0, 0.1) is 0 Å². The van der Waals surface area contributed by atoms with Gasteiger partial charge in [-0.1, -0.05) is 0 Å². The number of carbonyl (C=O) groups is 1. The molecule has 13 heavy (non-hydrogen) atoms. The van der Waals surface area contributed by atoms with E-state index in [1.165, 1.54) is 7.11 Å². The normalized spacial score (nSPS) is 26.6. The summed E-state index contributed by atoms with van der Waals surface area (Å²) in [6.45, 7) is 1.25. The third-order valence-corrected chi connectivity index (χ3v) is 2.21. The van der Waals surface area contributed by atoms with Crippen LogP contribution in [0.5, 0.6) is 0 Å². The molecule has 0 saturated carbocycles. The number of hydrogen-bond acceptors (Lipinski definition) is 4. The Morgan fingerprint density at radius 1 is 1.54 bits per heavy atom. The van der Waals surface area contributed by atoms with E-state index in [-0.39, 0.29) is 18.4 Å². The average molecular weight is 210 g/mol. The maximum Gasteiger partial charge on any atom is 0.328 e. The van der Waals surface area contributed by atoms with E-state index in [0.29, 0.717) is 6.61 Å². The second-order valence-corrected chi connectivity index (χ2v) is 3.04. The summed E-state index contributed by atoms with van der Waals surface area (Å²) in [6, 6.07) is 0. The number of nitrogens with one attached hydrogen (secondary N) is 1. The molecule has 1 rings (SSSR count). The van der Waals surface area contributed by atoms with Crippen LogP contribution in [0.3, 0.4) is 0 Å². The van der Waals surface area contributed by atoms with Gasteiger partial charge in [-0.2, -0.15) is 0 Å². The van der Waals surface area contributed by atoms with Crippen LogP contribution in [0.4, 0.5) is 0 Å². The van der Waals surface area contributed by atoms with E-state index >= 15 is 0 Å². The van der Waals surface area contributed by atoms with Gasteiger partial charge in [-0.25, -0.2) is 4.79 Å². The molecule has 1 N–H and O–H groups in total. The summed E-state index contributed by atoms with van der Waals surface area (Å²) in [5, 5.41) is 3.12. The largest absolute Gasteiger partial charge is 0.468 e. The number of esters is 1. The molecule has 0 aromatic rings. The number of ether oxygens (including phenoxy) is 2. The van der Waals surface area contributed by atoms with Crippen molar-refractivity contribution in [2.75, 3.05) is 27.4 Å². The van der Waals surface area contributed by atoms with Crippen LogP contribution in [0.1, 0.15) is 12.8 Å². The van der Waals surface area contributed by atoms with Crippen LogP contribution >= 0.6 is 12.4 Å². The molecule has 1 fully saturated rings. The summed E-state index contributed by atoms with van der Waals surface area (Å²) < 4.78 is 9.70. The van der Waals surface area contributed by atoms with Crippen molar-refractivity contribution >= 4 is 18.4 Å². The molecule has 1 atom stereocenters. The highest BCUT2D eigenvalue weighted by Gasteiger charge is 2.42. The molecule has 0 aliphatic carbocycles. The second-order valence-electron chi connectivity index (χ2n) is 3.04. The Labute approximate surface area is 84.4 Å². The summed E-state index contributed by atoms with van der Waals surface area (Å²) in [5.74, 6) is -0.221. The molecule has 0 aromatic heterocycles. The van der Waals surface area contributed by atoms with Gasteiger partial charge in [-0.15, -0.1) is 12.4 Å². The Bertz CT molecular complexity index is 169. The number of methoxy groups -OCH3 is 2. The standard InChI is InChI=1S/C8H15NO3.ClH/c1-11-6-8(7(10)12-2)4-3-5-9-8;/h9H,3-6H2,1-2H3;1H. The van der Waals surface area contributed by atoms with Gasteiger partial charge in [0.25, 0.3) is 0 Å². The van der Waals surface area contributed by atoms with Crippen molar-refractivity contribution in [2.24, 2.45) is 0 Å². The molecule has 1 aliphatic rings. The topological polar surface area (TPSA) is 47.6 Å². The molecule has 0 aromatic carbocycles. The lowest BCUT2D eigenvalue weighted by atomic mass is 9.99. The van der Waals surface area contributed by atoms with Crippen LogP contribution in [0.2, 0.25) is 0 Å². The molecule has 5 heteroatoms. The molecular formula is C8H16ClNO3. The van der Waals surface area contributed by atoms with Crippen molar-refractivity contribution in [1.82, 2.24) is 5.32 Å². The first kappa shape index (κ1) is 12.7. The summed E-state index contributed by atoms with van der Waals surface area (Å²) in [4.78, 5) is 11.4. The first-order chi connectivity index (χ1) is 5.75. The maximum absolute atomic E-state index is 11.4. The molecular weight excluding hydrogens is 194 g/mol. The Kier molecular flexibility index (Phi) is 5.29. The smallest absolute Gasteiger partial charge is 0.328 e. The van der Waals surface area contributed by atoms with Gasteiger partial charge in [0.1, 0.15) is 5.54 Å². The van der Waals surface area contributed by atoms with Crippen molar-refractivity contribution in [3.63, 3.8) is 0 Å². The van der Waals surface area contributed by atoms with Crippen LogP contribution in [0.15, 0.2) is 0 Å². The fourth-order valence-corrected chi connectivity index (χ4v) is 1.60. The fourth-order valence-electron chi connectivity index (χ4n) is 1.60. The van der Waals surface area contributed by atoms with E-state index < -0.39 is 5.54 Å². The van der Waals surface area contributed by atoms with E-state index in [0.717, 1.165) is 19.4 Å². The third-order valence-electron chi connectivity index (χ3n) is 2.21. The zero-order valence-corrected chi connectivity index (χ0v) is 8.78. The first-order valence-electron chi connectivity index (χ1n) is 4.07. The fraction of sp³-hybridized carbons (Fsp3) is 0.875. The summed E-state index contributed by atoms with van der Waals surface area (Å²) in [6.07, 6.45) is 1.80. The minimum atomic E-state index is -0.580. The zero-order valence-electron chi connectivity index (χ0n) is 7.96. The summed E-state index contributed by atoms with van der Waals surface area (Å²) in [5.41, 5.74) is -0.580. The van der Waals surface area contributed by atoms with E-state index in [1.54, 1.807) is 7.11 Å². The number of rotatable bonds is 3. The lowest BCUT2D eigenvalue weighted by Gasteiger charge is -2.24. The van der Waals surface area contributed by atoms with Crippen molar-refractivity contribution in [3.05, 3.63) is 0 Å². The second kappa shape index (κ2) is 5.42. The van der Waals surface area contributed by atoms with Crippen molar-refractivity contribution in [1.29, 1.82) is 0 Å². The van der Waals surface area contributed by atoms with Gasteiger partial charge in [0, 0.05) is 7.11 Å². The van der Waals surface area contributed by atoms with Crippen LogP contribution < -0.4 is 5.32 Å². The zero-order chi connectivity index (χ0) is 9.03. The van der Waals surface area contributed by atoms with Crippen molar-refractivity contribution in [2.45, 2.75) is 18.4 Å². The third kappa shape index (κ3) is 2.56. The molecule has 0 radical (unpaired) electrons. The highest BCUT2D eigenvalue weighted by atomic mass is 35.5. The Hall–Kier alpha value is -0.320. The lowest BCUT2D eigenvalue weighted by molar-refractivity contribution is -0.150. The van der Waals surface area contributed by atoms with Gasteiger partial charge < -0.3 is 9.47 Å². The van der Waals surface area contributed by atoms with Crippen molar-refractivity contribution in [3.8, 4) is 0 Å². The van der Waals surface area contributed by atoms with E-state index in [2.05, 4.69) is 5.32 Å². The minimum Gasteiger partial charge on any atom is -0.468 e. The van der Waals surface area contributed by atoms with Gasteiger partial charge in [-0.05, 0) is 19.4 Å².